The Bertz CT molecular complexity index is 618. The van der Waals surface area contributed by atoms with Crippen molar-refractivity contribution in [3.05, 3.63) is 12.2 Å². The summed E-state index contributed by atoms with van der Waals surface area (Å²) in [7, 11) is 0. The number of hydrogen-bond donors (Lipinski definition) is 1. The van der Waals surface area contributed by atoms with Gasteiger partial charge in [-0.1, -0.05) is 0 Å². The van der Waals surface area contributed by atoms with Gasteiger partial charge in [-0.15, -0.1) is 0 Å². The maximum absolute atomic E-state index is 12.5. The van der Waals surface area contributed by atoms with Gasteiger partial charge in [0.25, 0.3) is 0 Å². The van der Waals surface area contributed by atoms with E-state index in [1.807, 2.05) is 18.7 Å². The second-order valence-corrected chi connectivity index (χ2v) is 6.96. The molecule has 0 spiro atoms. The van der Waals surface area contributed by atoms with E-state index < -0.39 is 0 Å². The van der Waals surface area contributed by atoms with Crippen LogP contribution in [0.5, 0.6) is 0 Å². The monoisotopic (exact) mass is 363 g/mol. The highest BCUT2D eigenvalue weighted by atomic mass is 16.2. The zero-order chi connectivity index (χ0) is 18.5. The van der Waals surface area contributed by atoms with Gasteiger partial charge in [-0.3, -0.25) is 9.69 Å². The van der Waals surface area contributed by atoms with E-state index in [1.165, 1.54) is 6.33 Å². The van der Waals surface area contributed by atoms with Gasteiger partial charge in [0.15, 0.2) is 0 Å². The molecule has 0 radical (unpaired) electrons. The summed E-state index contributed by atoms with van der Waals surface area (Å²) >= 11 is 0. The summed E-state index contributed by atoms with van der Waals surface area (Å²) in [6.45, 7) is 9.60. The molecule has 2 fully saturated rings. The van der Waals surface area contributed by atoms with E-state index in [9.17, 15) is 9.59 Å². The molecule has 3 rings (SSSR count). The van der Waals surface area contributed by atoms with Gasteiger partial charge in [0.05, 0.1) is 12.6 Å². The van der Waals surface area contributed by atoms with Gasteiger partial charge in [0.2, 0.25) is 5.91 Å². The number of nitrogens with one attached hydrogen (secondary N) is 1. The molecular weight excluding hydrogens is 334 g/mol. The van der Waals surface area contributed by atoms with Gasteiger partial charge in [0.1, 0.15) is 12.2 Å². The third-order valence-corrected chi connectivity index (χ3v) is 5.15. The smallest absolute Gasteiger partial charge is 0.318 e. The predicted molar refractivity (Wildman–Crippen MR) is 96.5 cm³/mol. The standard InChI is InChI=1S/C17H29N7O2/c1-3-24-16(18-13-19-24)14(2)20-17(26)23-10-8-21(9-11-23)12-15(25)22-6-4-5-7-22/h13-14H,3-12H2,1-2H3,(H,20,26)/t14-/m0/s1. The number of carbonyl (C=O) groups is 2. The summed E-state index contributed by atoms with van der Waals surface area (Å²) in [5.41, 5.74) is 0. The summed E-state index contributed by atoms with van der Waals surface area (Å²) in [6, 6.07) is -0.284. The summed E-state index contributed by atoms with van der Waals surface area (Å²) in [4.78, 5) is 34.9. The van der Waals surface area contributed by atoms with Gasteiger partial charge in [-0.05, 0) is 26.7 Å². The Morgan fingerprint density at radius 2 is 1.81 bits per heavy atom. The molecule has 1 atom stereocenters. The molecule has 2 aliphatic heterocycles. The van der Waals surface area contributed by atoms with Crippen LogP contribution >= 0.6 is 0 Å². The van der Waals surface area contributed by atoms with E-state index in [4.69, 9.17) is 0 Å². The maximum atomic E-state index is 12.5. The molecular formula is C17H29N7O2. The van der Waals surface area contributed by atoms with Crippen LogP contribution in [-0.2, 0) is 11.3 Å². The van der Waals surface area contributed by atoms with Crippen molar-refractivity contribution in [2.24, 2.45) is 0 Å². The number of urea groups is 1. The number of carbonyl (C=O) groups excluding carboxylic acids is 2. The number of likely N-dealkylation sites (tertiary alicyclic amines) is 1. The Morgan fingerprint density at radius 1 is 1.12 bits per heavy atom. The molecule has 3 heterocycles. The maximum Gasteiger partial charge on any atom is 0.318 e. The van der Waals surface area contributed by atoms with Crippen molar-refractivity contribution < 1.29 is 9.59 Å². The molecule has 26 heavy (non-hydrogen) atoms. The van der Waals surface area contributed by atoms with Crippen LogP contribution < -0.4 is 5.32 Å². The lowest BCUT2D eigenvalue weighted by atomic mass is 10.3. The lowest BCUT2D eigenvalue weighted by Crippen LogP contribution is -2.53. The Kier molecular flexibility index (Phi) is 6.08. The molecule has 1 aromatic rings. The predicted octanol–water partition coefficient (Wildman–Crippen LogP) is 0.309. The van der Waals surface area contributed by atoms with E-state index in [-0.39, 0.29) is 18.0 Å². The highest BCUT2D eigenvalue weighted by Gasteiger charge is 2.26. The Balaban J connectivity index is 1.44. The van der Waals surface area contributed by atoms with E-state index >= 15 is 0 Å². The molecule has 2 saturated heterocycles. The van der Waals surface area contributed by atoms with E-state index in [2.05, 4.69) is 20.3 Å². The summed E-state index contributed by atoms with van der Waals surface area (Å²) in [5, 5.41) is 7.14. The third-order valence-electron chi connectivity index (χ3n) is 5.15. The van der Waals surface area contributed by atoms with Crippen LogP contribution in [0.4, 0.5) is 4.79 Å². The van der Waals surface area contributed by atoms with Crippen LogP contribution in [0.3, 0.4) is 0 Å². The minimum absolute atomic E-state index is 0.0892. The van der Waals surface area contributed by atoms with Crippen LogP contribution in [-0.4, -0.2) is 87.2 Å². The Hall–Kier alpha value is -2.16. The van der Waals surface area contributed by atoms with Gasteiger partial charge >= 0.3 is 6.03 Å². The summed E-state index contributed by atoms with van der Waals surface area (Å²) in [6.07, 6.45) is 3.74. The lowest BCUT2D eigenvalue weighted by Gasteiger charge is -2.35. The van der Waals surface area contributed by atoms with Gasteiger partial charge in [0, 0.05) is 45.8 Å². The Labute approximate surface area is 154 Å². The SMILES string of the molecule is CCn1ncnc1[C@H](C)NC(=O)N1CCN(CC(=O)N2CCCC2)CC1. The van der Waals surface area contributed by atoms with Crippen molar-refractivity contribution >= 4 is 11.9 Å². The highest BCUT2D eigenvalue weighted by molar-refractivity contribution is 5.78. The molecule has 144 valence electrons. The van der Waals surface area contributed by atoms with Crippen molar-refractivity contribution in [3.63, 3.8) is 0 Å². The molecule has 2 aliphatic rings. The van der Waals surface area contributed by atoms with Crippen molar-refractivity contribution in [2.45, 2.75) is 39.3 Å². The number of aryl methyl sites for hydroxylation is 1. The number of rotatable bonds is 5. The van der Waals surface area contributed by atoms with E-state index in [0.717, 1.165) is 51.4 Å². The third kappa shape index (κ3) is 4.32. The normalized spacial score (nSPS) is 19.6. The molecule has 9 heteroatoms. The zero-order valence-electron chi connectivity index (χ0n) is 15.7. The average Bonchev–Trinajstić information content (AvgIpc) is 3.33. The molecule has 0 unspecified atom stereocenters. The van der Waals surface area contributed by atoms with Crippen LogP contribution in [0.2, 0.25) is 0 Å². The topological polar surface area (TPSA) is 86.6 Å². The zero-order valence-corrected chi connectivity index (χ0v) is 15.7. The van der Waals surface area contributed by atoms with Crippen molar-refractivity contribution in [3.8, 4) is 0 Å². The van der Waals surface area contributed by atoms with Crippen molar-refractivity contribution in [2.75, 3.05) is 45.8 Å². The fourth-order valence-corrected chi connectivity index (χ4v) is 3.56. The van der Waals surface area contributed by atoms with Crippen LogP contribution in [0, 0.1) is 0 Å². The first-order valence-electron chi connectivity index (χ1n) is 9.51. The molecule has 1 aromatic heterocycles. The second kappa shape index (κ2) is 8.48. The van der Waals surface area contributed by atoms with Gasteiger partial charge < -0.3 is 15.1 Å². The fraction of sp³-hybridized carbons (Fsp3) is 0.765. The minimum Gasteiger partial charge on any atom is -0.342 e. The number of hydrogen-bond acceptors (Lipinski definition) is 5. The molecule has 0 saturated carbocycles. The number of nitrogens with zero attached hydrogens (tertiary/aromatic N) is 6. The van der Waals surface area contributed by atoms with E-state index in [0.29, 0.717) is 19.6 Å². The molecule has 3 amide bonds. The van der Waals surface area contributed by atoms with Gasteiger partial charge in [-0.2, -0.15) is 5.10 Å². The van der Waals surface area contributed by atoms with E-state index in [1.54, 1.807) is 9.58 Å². The Morgan fingerprint density at radius 3 is 2.46 bits per heavy atom. The molecule has 0 aliphatic carbocycles. The second-order valence-electron chi connectivity index (χ2n) is 6.96. The summed E-state index contributed by atoms with van der Waals surface area (Å²) in [5.74, 6) is 0.976. The lowest BCUT2D eigenvalue weighted by molar-refractivity contribution is -0.131. The van der Waals surface area contributed by atoms with Crippen molar-refractivity contribution in [1.82, 2.24) is 34.8 Å². The van der Waals surface area contributed by atoms with Crippen LogP contribution in [0.25, 0.3) is 0 Å². The van der Waals surface area contributed by atoms with Crippen molar-refractivity contribution in [1.29, 1.82) is 0 Å². The molecule has 0 bridgehead atoms. The quantitative estimate of drug-likeness (QED) is 0.814. The van der Waals surface area contributed by atoms with Crippen LogP contribution in [0.1, 0.15) is 38.6 Å². The minimum atomic E-state index is -0.195. The molecule has 9 nitrogen and oxygen atoms in total. The molecule has 1 N–H and O–H groups in total. The summed E-state index contributed by atoms with van der Waals surface area (Å²) < 4.78 is 1.78. The first-order valence-corrected chi connectivity index (χ1v) is 9.51. The van der Waals surface area contributed by atoms with Crippen LogP contribution in [0.15, 0.2) is 6.33 Å². The first-order chi connectivity index (χ1) is 12.6. The first kappa shape index (κ1) is 18.6. The molecule has 0 aromatic carbocycles. The van der Waals surface area contributed by atoms with Gasteiger partial charge in [-0.25, -0.2) is 14.5 Å². The number of amides is 3. The fourth-order valence-electron chi connectivity index (χ4n) is 3.56. The largest absolute Gasteiger partial charge is 0.342 e. The number of aromatic nitrogens is 3. The highest BCUT2D eigenvalue weighted by Crippen LogP contribution is 2.11. The average molecular weight is 363 g/mol. The number of piperazine rings is 1.